The van der Waals surface area contributed by atoms with Crippen LogP contribution in [0.15, 0.2) is 0 Å². The fourth-order valence-corrected chi connectivity index (χ4v) is 0.939. The summed E-state index contributed by atoms with van der Waals surface area (Å²) in [4.78, 5) is 10.3. The van der Waals surface area contributed by atoms with Crippen LogP contribution in [0.5, 0.6) is 0 Å². The summed E-state index contributed by atoms with van der Waals surface area (Å²) < 4.78 is 50.9. The minimum Gasteiger partial charge on any atom is -0.477 e. The summed E-state index contributed by atoms with van der Waals surface area (Å²) in [7, 11) is 0. The molecule has 0 aliphatic rings. The van der Waals surface area contributed by atoms with Crippen LogP contribution in [-0.2, 0) is 0 Å². The van der Waals surface area contributed by atoms with E-state index in [4.69, 9.17) is 5.11 Å². The van der Waals surface area contributed by atoms with Crippen LogP contribution >= 0.6 is 0 Å². The zero-order valence-electron chi connectivity index (χ0n) is 6.87. The second kappa shape index (κ2) is 3.28. The van der Waals surface area contributed by atoms with E-state index < -0.39 is 40.4 Å². The van der Waals surface area contributed by atoms with Gasteiger partial charge in [0.25, 0.3) is 0 Å². The number of carbonyl (C=O) groups is 1. The van der Waals surface area contributed by atoms with Crippen LogP contribution in [0.25, 0.3) is 0 Å². The molecule has 2 nitrogen and oxygen atoms in total. The van der Waals surface area contributed by atoms with Crippen LogP contribution in [0.3, 0.4) is 0 Å². The minimum absolute atomic E-state index is 0.819. The van der Waals surface area contributed by atoms with Crippen molar-refractivity contribution in [3.63, 3.8) is 0 Å². The van der Waals surface area contributed by atoms with Gasteiger partial charge >= 0.3 is 5.97 Å². The van der Waals surface area contributed by atoms with E-state index in [9.17, 15) is 22.4 Å². The minimum atomic E-state index is -2.03. The Morgan fingerprint density at radius 1 is 1.00 bits per heavy atom. The monoisotopic (exact) mass is 208 g/mol. The molecule has 1 aromatic rings. The summed E-state index contributed by atoms with van der Waals surface area (Å²) in [6.45, 7) is 0.819. The summed E-state index contributed by atoms with van der Waals surface area (Å²) >= 11 is 0. The Kier molecular flexibility index (Phi) is 2.46. The molecule has 0 unspecified atom stereocenters. The van der Waals surface area contributed by atoms with Crippen molar-refractivity contribution in [2.24, 2.45) is 0 Å². The maximum atomic E-state index is 12.9. The smallest absolute Gasteiger partial charge is 0.341 e. The van der Waals surface area contributed by atoms with E-state index in [1.165, 1.54) is 0 Å². The van der Waals surface area contributed by atoms with Gasteiger partial charge in [0, 0.05) is 5.56 Å². The van der Waals surface area contributed by atoms with Gasteiger partial charge in [-0.2, -0.15) is 0 Å². The van der Waals surface area contributed by atoms with Crippen molar-refractivity contribution in [3.8, 4) is 0 Å². The third kappa shape index (κ3) is 1.32. The van der Waals surface area contributed by atoms with Crippen LogP contribution in [0.4, 0.5) is 17.6 Å². The average Bonchev–Trinajstić information content (AvgIpc) is 2.11. The quantitative estimate of drug-likeness (QED) is 0.436. The standard InChI is InChI=1S/C8H4F4O2/c1-2-4(9)3(8(13)14)6(11)7(12)5(2)10/h1H3,(H,13,14). The molecule has 1 rings (SSSR count). The van der Waals surface area contributed by atoms with Crippen LogP contribution in [0.2, 0.25) is 0 Å². The number of carboxylic acids is 1. The van der Waals surface area contributed by atoms with Crippen LogP contribution in [-0.4, -0.2) is 11.1 Å². The number of rotatable bonds is 1. The molecular weight excluding hydrogens is 204 g/mol. The Bertz CT molecular complexity index is 385. The normalized spacial score (nSPS) is 10.4. The highest BCUT2D eigenvalue weighted by atomic mass is 19.2. The second-order valence-electron chi connectivity index (χ2n) is 2.56. The fourth-order valence-electron chi connectivity index (χ4n) is 0.939. The number of aromatic carboxylic acids is 1. The van der Waals surface area contributed by atoms with E-state index in [0.29, 0.717) is 0 Å². The van der Waals surface area contributed by atoms with E-state index >= 15 is 0 Å². The third-order valence-electron chi connectivity index (χ3n) is 1.70. The maximum Gasteiger partial charge on any atom is 0.341 e. The van der Waals surface area contributed by atoms with Gasteiger partial charge in [0.2, 0.25) is 0 Å². The molecule has 0 aliphatic carbocycles. The first-order valence-corrected chi connectivity index (χ1v) is 3.43. The Hall–Kier alpha value is -1.59. The van der Waals surface area contributed by atoms with Gasteiger partial charge in [-0.15, -0.1) is 0 Å². The molecule has 6 heteroatoms. The van der Waals surface area contributed by atoms with Crippen molar-refractivity contribution >= 4 is 5.97 Å². The van der Waals surface area contributed by atoms with Gasteiger partial charge in [0.1, 0.15) is 11.4 Å². The van der Waals surface area contributed by atoms with Gasteiger partial charge in [-0.1, -0.05) is 0 Å². The summed E-state index contributed by atoms with van der Waals surface area (Å²) in [6.07, 6.45) is 0. The SMILES string of the molecule is Cc1c(F)c(F)c(F)c(C(=O)O)c1F. The van der Waals surface area contributed by atoms with E-state index in [-0.39, 0.29) is 0 Å². The maximum absolute atomic E-state index is 12.9. The van der Waals surface area contributed by atoms with Gasteiger partial charge in [-0.3, -0.25) is 0 Å². The van der Waals surface area contributed by atoms with Crippen molar-refractivity contribution in [1.29, 1.82) is 0 Å². The Balaban J connectivity index is 3.68. The lowest BCUT2D eigenvalue weighted by atomic mass is 10.1. The number of benzene rings is 1. The van der Waals surface area contributed by atoms with Gasteiger partial charge in [0.15, 0.2) is 17.5 Å². The summed E-state index contributed by atoms with van der Waals surface area (Å²) in [5.41, 5.74) is -2.34. The van der Waals surface area contributed by atoms with Gasteiger partial charge < -0.3 is 5.11 Å². The van der Waals surface area contributed by atoms with E-state index in [1.54, 1.807) is 0 Å². The molecule has 0 bridgehead atoms. The van der Waals surface area contributed by atoms with Crippen molar-refractivity contribution in [3.05, 3.63) is 34.4 Å². The molecule has 1 aromatic carbocycles. The average molecular weight is 208 g/mol. The lowest BCUT2D eigenvalue weighted by molar-refractivity contribution is 0.0684. The topological polar surface area (TPSA) is 37.3 Å². The molecule has 0 amide bonds. The molecule has 0 atom stereocenters. The van der Waals surface area contributed by atoms with E-state index in [2.05, 4.69) is 0 Å². The molecule has 0 fully saturated rings. The van der Waals surface area contributed by atoms with Gasteiger partial charge in [-0.05, 0) is 6.92 Å². The molecule has 0 saturated heterocycles. The largest absolute Gasteiger partial charge is 0.477 e. The highest BCUT2D eigenvalue weighted by molar-refractivity contribution is 5.88. The molecule has 76 valence electrons. The van der Waals surface area contributed by atoms with Gasteiger partial charge in [-0.25, -0.2) is 22.4 Å². The number of hydrogen-bond donors (Lipinski definition) is 1. The summed E-state index contributed by atoms with van der Waals surface area (Å²) in [5, 5.41) is 8.32. The third-order valence-corrected chi connectivity index (χ3v) is 1.70. The lowest BCUT2D eigenvalue weighted by Crippen LogP contribution is -2.11. The Morgan fingerprint density at radius 3 is 1.93 bits per heavy atom. The first-order valence-electron chi connectivity index (χ1n) is 3.43. The first-order chi connectivity index (χ1) is 6.37. The van der Waals surface area contributed by atoms with Crippen molar-refractivity contribution in [2.45, 2.75) is 6.92 Å². The molecule has 0 saturated carbocycles. The Morgan fingerprint density at radius 2 is 1.50 bits per heavy atom. The van der Waals surface area contributed by atoms with E-state index in [1.807, 2.05) is 0 Å². The number of carboxylic acid groups (broad SMARTS) is 1. The second-order valence-corrected chi connectivity index (χ2v) is 2.56. The van der Waals surface area contributed by atoms with Crippen molar-refractivity contribution < 1.29 is 27.5 Å². The van der Waals surface area contributed by atoms with Crippen molar-refractivity contribution in [2.75, 3.05) is 0 Å². The molecule has 0 spiro atoms. The molecule has 1 N–H and O–H groups in total. The molecule has 0 aliphatic heterocycles. The predicted molar refractivity (Wildman–Crippen MR) is 38.0 cm³/mol. The van der Waals surface area contributed by atoms with Crippen LogP contribution in [0.1, 0.15) is 15.9 Å². The molecule has 0 heterocycles. The Labute approximate surface area is 75.8 Å². The van der Waals surface area contributed by atoms with Crippen LogP contribution < -0.4 is 0 Å². The van der Waals surface area contributed by atoms with Crippen LogP contribution in [0, 0.1) is 30.2 Å². The summed E-state index contributed by atoms with van der Waals surface area (Å²) in [5.74, 6) is -9.32. The zero-order valence-corrected chi connectivity index (χ0v) is 6.87. The first kappa shape index (κ1) is 10.5. The fraction of sp³-hybridized carbons (Fsp3) is 0.125. The lowest BCUT2D eigenvalue weighted by Gasteiger charge is -2.05. The zero-order chi connectivity index (χ0) is 11.0. The van der Waals surface area contributed by atoms with E-state index in [0.717, 1.165) is 6.92 Å². The molecule has 14 heavy (non-hydrogen) atoms. The molecule has 0 radical (unpaired) electrons. The predicted octanol–water partition coefficient (Wildman–Crippen LogP) is 2.25. The summed E-state index contributed by atoms with van der Waals surface area (Å²) in [6, 6.07) is 0. The highest BCUT2D eigenvalue weighted by Gasteiger charge is 2.26. The molecular formula is C8H4F4O2. The molecule has 0 aromatic heterocycles. The van der Waals surface area contributed by atoms with Gasteiger partial charge in [0.05, 0.1) is 0 Å². The van der Waals surface area contributed by atoms with Crippen molar-refractivity contribution in [1.82, 2.24) is 0 Å². The highest BCUT2D eigenvalue weighted by Crippen LogP contribution is 2.23. The number of halogens is 4. The number of hydrogen-bond acceptors (Lipinski definition) is 1.